The van der Waals surface area contributed by atoms with Gasteiger partial charge in [-0.25, -0.2) is 9.97 Å². The molecule has 0 bridgehead atoms. The van der Waals surface area contributed by atoms with E-state index in [1.807, 2.05) is 50.2 Å². The van der Waals surface area contributed by atoms with Crippen molar-refractivity contribution in [3.63, 3.8) is 0 Å². The number of anilines is 1. The van der Waals surface area contributed by atoms with Crippen LogP contribution in [0.5, 0.6) is 29.0 Å². The molecule has 0 saturated heterocycles. The number of carbonyl (C=O) groups excluding carboxylic acids is 1. The number of ether oxygens (including phenoxy) is 3. The van der Waals surface area contributed by atoms with E-state index in [1.165, 1.54) is 18.3 Å². The molecule has 3 heterocycles. The van der Waals surface area contributed by atoms with Crippen LogP contribution in [0.15, 0.2) is 79.1 Å². The summed E-state index contributed by atoms with van der Waals surface area (Å²) in [6, 6.07) is 18.8. The lowest BCUT2D eigenvalue weighted by Gasteiger charge is -2.27. The van der Waals surface area contributed by atoms with Gasteiger partial charge in [0.1, 0.15) is 29.5 Å². The largest absolute Gasteiger partial charge is 0.485 e. The van der Waals surface area contributed by atoms with Crippen LogP contribution in [0.25, 0.3) is 0 Å². The molecule has 0 fully saturated rings. The number of aromatic nitrogens is 2. The summed E-state index contributed by atoms with van der Waals surface area (Å²) in [6.07, 6.45) is 4.05. The number of nitrogens with zero attached hydrogens (tertiary/aromatic N) is 3. The van der Waals surface area contributed by atoms with Gasteiger partial charge in [0.05, 0.1) is 22.8 Å². The average Bonchev–Trinajstić information content (AvgIpc) is 2.98. The molecule has 0 saturated carbocycles. The Hall–Kier alpha value is -4.74. The summed E-state index contributed by atoms with van der Waals surface area (Å²) >= 11 is 0. The summed E-state index contributed by atoms with van der Waals surface area (Å²) < 4.78 is 18.0. The fraction of sp³-hybridized carbons (Fsp3) is 0.233. The Labute approximate surface area is 248 Å². The van der Waals surface area contributed by atoms with Gasteiger partial charge in [-0.15, -0.1) is 12.4 Å². The van der Waals surface area contributed by atoms with Crippen LogP contribution in [0.1, 0.15) is 37.5 Å². The maximum Gasteiger partial charge on any atom is 0.287 e. The standard InChI is InChI=1S/C30H29N5O6.ClH/c1-18(2)29(31)30(36)34-21-7-12-27(32-16-21)40-24-9-11-26-20(15-24)6-10-25(41-26)19-4-3-5-23(14-19)39-28-13-8-22(17-33-28)35(37)38;/h3-5,7-9,11-18,25,29H,6,10,31H2,1-2H3,(H,34,36);1H/t25?,29-;/m0./s1. The summed E-state index contributed by atoms with van der Waals surface area (Å²) in [5.41, 5.74) is 8.30. The van der Waals surface area contributed by atoms with Crippen molar-refractivity contribution in [1.82, 2.24) is 9.97 Å². The lowest BCUT2D eigenvalue weighted by Crippen LogP contribution is -2.39. The minimum absolute atomic E-state index is 0. The molecule has 0 radical (unpaired) electrons. The fourth-order valence-corrected chi connectivity index (χ4v) is 4.27. The van der Waals surface area contributed by atoms with Crippen LogP contribution in [-0.2, 0) is 11.2 Å². The molecule has 2 aromatic carbocycles. The molecule has 1 aliphatic rings. The number of nitrogens with one attached hydrogen (secondary N) is 1. The van der Waals surface area contributed by atoms with Gasteiger partial charge in [-0.2, -0.15) is 0 Å². The van der Waals surface area contributed by atoms with Crippen molar-refractivity contribution < 1.29 is 23.9 Å². The Morgan fingerprint density at radius 1 is 1.02 bits per heavy atom. The zero-order valence-electron chi connectivity index (χ0n) is 22.9. The Morgan fingerprint density at radius 2 is 1.74 bits per heavy atom. The summed E-state index contributed by atoms with van der Waals surface area (Å²) in [5.74, 6) is 2.38. The van der Waals surface area contributed by atoms with Gasteiger partial charge in [0, 0.05) is 18.2 Å². The molecule has 1 amide bonds. The second kappa shape index (κ2) is 13.3. The number of hydrogen-bond donors (Lipinski definition) is 2. The van der Waals surface area contributed by atoms with E-state index in [2.05, 4.69) is 15.3 Å². The van der Waals surface area contributed by atoms with Crippen molar-refractivity contribution in [2.24, 2.45) is 11.7 Å². The van der Waals surface area contributed by atoms with Crippen molar-refractivity contribution in [3.05, 3.63) is 100 Å². The van der Waals surface area contributed by atoms with Crippen LogP contribution in [0.2, 0.25) is 0 Å². The predicted octanol–water partition coefficient (Wildman–Crippen LogP) is 6.38. The highest BCUT2D eigenvalue weighted by molar-refractivity contribution is 5.94. The zero-order chi connectivity index (χ0) is 28.9. The summed E-state index contributed by atoms with van der Waals surface area (Å²) in [7, 11) is 0. The van der Waals surface area contributed by atoms with Crippen molar-refractivity contribution in [1.29, 1.82) is 0 Å². The minimum atomic E-state index is -0.597. The number of hydrogen-bond acceptors (Lipinski definition) is 9. The summed E-state index contributed by atoms with van der Waals surface area (Å²) in [4.78, 5) is 30.8. The third-order valence-electron chi connectivity index (χ3n) is 6.61. The molecule has 1 aliphatic heterocycles. The van der Waals surface area contributed by atoms with Crippen LogP contribution in [0, 0.1) is 16.0 Å². The van der Waals surface area contributed by atoms with E-state index in [-0.39, 0.29) is 41.9 Å². The van der Waals surface area contributed by atoms with E-state index in [0.717, 1.165) is 35.9 Å². The van der Waals surface area contributed by atoms with Crippen LogP contribution in [-0.4, -0.2) is 26.8 Å². The molecule has 11 nitrogen and oxygen atoms in total. The molecule has 5 rings (SSSR count). The lowest BCUT2D eigenvalue weighted by molar-refractivity contribution is -0.385. The SMILES string of the molecule is CC(C)[C@H](N)C(=O)Nc1ccc(Oc2ccc3c(c2)CCC(c2cccc(Oc4ccc([N+](=O)[O-])cn4)c2)O3)nc1.Cl. The van der Waals surface area contributed by atoms with Crippen LogP contribution in [0.3, 0.4) is 0 Å². The number of pyridine rings is 2. The Bertz CT molecular complexity index is 1550. The number of aryl methyl sites for hydroxylation is 1. The summed E-state index contributed by atoms with van der Waals surface area (Å²) in [6.45, 7) is 3.78. The Kier molecular flexibility index (Phi) is 9.56. The zero-order valence-corrected chi connectivity index (χ0v) is 23.7. The molecule has 0 spiro atoms. The van der Waals surface area contributed by atoms with Gasteiger partial charge in [0.2, 0.25) is 17.7 Å². The van der Waals surface area contributed by atoms with E-state index < -0.39 is 11.0 Å². The van der Waals surface area contributed by atoms with Crippen molar-refractivity contribution in [2.45, 2.75) is 38.8 Å². The van der Waals surface area contributed by atoms with E-state index >= 15 is 0 Å². The normalized spacial score (nSPS) is 14.5. The molecule has 2 atom stereocenters. The van der Waals surface area contributed by atoms with Gasteiger partial charge in [-0.3, -0.25) is 14.9 Å². The topological polar surface area (TPSA) is 152 Å². The lowest BCUT2D eigenvalue weighted by atomic mass is 9.97. The van der Waals surface area contributed by atoms with Gasteiger partial charge < -0.3 is 25.3 Å². The molecule has 1 unspecified atom stereocenters. The first-order chi connectivity index (χ1) is 19.7. The average molecular weight is 592 g/mol. The molecule has 0 aliphatic carbocycles. The number of nitro groups is 1. The van der Waals surface area contributed by atoms with Crippen LogP contribution < -0.4 is 25.3 Å². The Balaban J connectivity index is 0.00000405. The maximum absolute atomic E-state index is 12.2. The van der Waals surface area contributed by atoms with Gasteiger partial charge in [0.15, 0.2) is 0 Å². The molecule has 42 heavy (non-hydrogen) atoms. The Morgan fingerprint density at radius 3 is 2.38 bits per heavy atom. The number of carbonyl (C=O) groups is 1. The van der Waals surface area contributed by atoms with E-state index in [1.54, 1.807) is 18.2 Å². The maximum atomic E-state index is 12.2. The third-order valence-corrected chi connectivity index (χ3v) is 6.61. The molecule has 218 valence electrons. The smallest absolute Gasteiger partial charge is 0.287 e. The minimum Gasteiger partial charge on any atom is -0.485 e. The van der Waals surface area contributed by atoms with Crippen LogP contribution >= 0.6 is 12.4 Å². The fourth-order valence-electron chi connectivity index (χ4n) is 4.27. The van der Waals surface area contributed by atoms with Gasteiger partial charge in [-0.05, 0) is 66.3 Å². The second-order valence-electron chi connectivity index (χ2n) is 9.95. The first-order valence-corrected chi connectivity index (χ1v) is 13.1. The number of benzene rings is 2. The van der Waals surface area contributed by atoms with Crippen molar-refractivity contribution >= 4 is 29.7 Å². The van der Waals surface area contributed by atoms with E-state index in [0.29, 0.717) is 23.1 Å². The number of nitrogens with two attached hydrogens (primary N) is 1. The quantitative estimate of drug-likeness (QED) is 0.167. The highest BCUT2D eigenvalue weighted by Gasteiger charge is 2.23. The number of fused-ring (bicyclic) bond motifs is 1. The molecule has 3 N–H and O–H groups in total. The monoisotopic (exact) mass is 591 g/mol. The first-order valence-electron chi connectivity index (χ1n) is 13.1. The number of amides is 1. The molecular weight excluding hydrogens is 562 g/mol. The van der Waals surface area contributed by atoms with Crippen molar-refractivity contribution in [3.8, 4) is 29.0 Å². The predicted molar refractivity (Wildman–Crippen MR) is 159 cm³/mol. The summed E-state index contributed by atoms with van der Waals surface area (Å²) in [5, 5.41) is 13.6. The highest BCUT2D eigenvalue weighted by Crippen LogP contribution is 2.38. The third kappa shape index (κ3) is 7.31. The van der Waals surface area contributed by atoms with E-state index in [4.69, 9.17) is 19.9 Å². The second-order valence-corrected chi connectivity index (χ2v) is 9.95. The van der Waals surface area contributed by atoms with Gasteiger partial charge >= 0.3 is 0 Å². The van der Waals surface area contributed by atoms with Crippen molar-refractivity contribution in [2.75, 3.05) is 5.32 Å². The molecule has 12 heteroatoms. The highest BCUT2D eigenvalue weighted by atomic mass is 35.5. The number of halogens is 1. The number of rotatable bonds is 9. The molecule has 4 aromatic rings. The molecular formula is C30H30ClN5O6. The first kappa shape index (κ1) is 30.2. The molecule has 2 aromatic heterocycles. The van der Waals surface area contributed by atoms with Gasteiger partial charge in [-0.1, -0.05) is 26.0 Å². The van der Waals surface area contributed by atoms with Gasteiger partial charge in [0.25, 0.3) is 5.69 Å². The van der Waals surface area contributed by atoms with E-state index in [9.17, 15) is 14.9 Å². The van der Waals surface area contributed by atoms with Crippen LogP contribution in [0.4, 0.5) is 11.4 Å².